The highest BCUT2D eigenvalue weighted by molar-refractivity contribution is 7.88. The molecule has 3 aromatic carbocycles. The molecule has 10 nitrogen and oxygen atoms in total. The second-order valence-corrected chi connectivity index (χ2v) is 11.8. The molecule has 1 fully saturated rings. The van der Waals surface area contributed by atoms with E-state index < -0.39 is 64.2 Å². The van der Waals surface area contributed by atoms with Crippen LogP contribution in [-0.2, 0) is 39.5 Å². The van der Waals surface area contributed by atoms with Crippen molar-refractivity contribution in [3.8, 4) is 5.75 Å². The number of hydrogen-bond donors (Lipinski definition) is 1. The fourth-order valence-electron chi connectivity index (χ4n) is 5.46. The van der Waals surface area contributed by atoms with E-state index in [-0.39, 0.29) is 18.6 Å². The Morgan fingerprint density at radius 2 is 1.56 bits per heavy atom. The molecular weight excluding hydrogens is 596 g/mol. The maximum absolute atomic E-state index is 14.5. The Labute approximate surface area is 263 Å². The van der Waals surface area contributed by atoms with E-state index in [1.165, 1.54) is 23.3 Å². The number of rotatable bonds is 12. The molecule has 0 bridgehead atoms. The number of benzene rings is 3. The second-order valence-electron chi connectivity index (χ2n) is 10.5. The number of fused-ring (bicyclic) bond motifs is 1. The van der Waals surface area contributed by atoms with Gasteiger partial charge in [0.1, 0.15) is 23.8 Å². The van der Waals surface area contributed by atoms with Gasteiger partial charge in [-0.15, -0.1) is 6.58 Å². The SMILES string of the molecule is C=CCC1(C(=O)OC(c2ccccc2)c2ccccc2)C(COC(C)=O)=CS(=O)[C@@H]2[C@H](NC(=O)COc3ccccc3)C(=O)N21. The first-order valence-corrected chi connectivity index (χ1v) is 15.5. The van der Waals surface area contributed by atoms with Crippen LogP contribution in [0.5, 0.6) is 5.75 Å². The monoisotopic (exact) mass is 628 g/mol. The molecule has 2 amide bonds. The van der Waals surface area contributed by atoms with Gasteiger partial charge in [0.15, 0.2) is 18.2 Å². The molecule has 3 aromatic rings. The normalized spacial score (nSPS) is 21.9. The zero-order valence-corrected chi connectivity index (χ0v) is 25.3. The van der Waals surface area contributed by atoms with Gasteiger partial charge in [-0.3, -0.25) is 18.6 Å². The average molecular weight is 629 g/mol. The number of carbonyl (C=O) groups is 4. The molecule has 1 N–H and O–H groups in total. The standard InChI is InChI=1S/C34H32N2O8S/c1-3-19-34(33(40)44-30(24-13-7-4-8-14-24)25-15-9-5-10-16-25)26(20-42-23(2)37)22-45(41)32-29(31(39)36(32)34)35-28(38)21-43-27-17-11-6-12-18-27/h3-18,22,29-30,32H,1,19-21H2,2H3,(H,35,38)/t29-,32-,34?,45?/m1/s1. The fraction of sp³-hybridized carbons (Fsp3) is 0.235. The first-order valence-electron chi connectivity index (χ1n) is 14.2. The number of nitrogens with one attached hydrogen (secondary N) is 1. The lowest BCUT2D eigenvalue weighted by atomic mass is 9.81. The Bertz CT molecular complexity index is 1590. The summed E-state index contributed by atoms with van der Waals surface area (Å²) in [5, 5.41) is 2.81. The summed E-state index contributed by atoms with van der Waals surface area (Å²) in [5.41, 5.74) is -0.365. The quantitative estimate of drug-likeness (QED) is 0.183. The molecule has 0 spiro atoms. The third kappa shape index (κ3) is 6.44. The minimum atomic E-state index is -1.88. The predicted octanol–water partition coefficient (Wildman–Crippen LogP) is 3.58. The third-order valence-corrected chi connectivity index (χ3v) is 9.03. The van der Waals surface area contributed by atoms with Crippen molar-refractivity contribution >= 4 is 34.6 Å². The average Bonchev–Trinajstić information content (AvgIpc) is 3.06. The van der Waals surface area contributed by atoms with Crippen molar-refractivity contribution in [3.05, 3.63) is 126 Å². The maximum atomic E-state index is 14.5. The molecule has 1 saturated heterocycles. The van der Waals surface area contributed by atoms with E-state index in [1.807, 2.05) is 60.7 Å². The Morgan fingerprint density at radius 1 is 0.978 bits per heavy atom. The van der Waals surface area contributed by atoms with Crippen molar-refractivity contribution in [2.75, 3.05) is 13.2 Å². The molecule has 4 atom stereocenters. The van der Waals surface area contributed by atoms with E-state index in [1.54, 1.807) is 30.3 Å². The molecule has 5 rings (SSSR count). The molecule has 0 radical (unpaired) electrons. The summed E-state index contributed by atoms with van der Waals surface area (Å²) >= 11 is 0. The van der Waals surface area contributed by atoms with Gasteiger partial charge in [-0.2, -0.15) is 0 Å². The molecule has 2 aliphatic rings. The predicted molar refractivity (Wildman–Crippen MR) is 166 cm³/mol. The van der Waals surface area contributed by atoms with Crippen LogP contribution in [0.1, 0.15) is 30.6 Å². The number of esters is 2. The molecule has 0 aromatic heterocycles. The highest BCUT2D eigenvalue weighted by Crippen LogP contribution is 2.45. The lowest BCUT2D eigenvalue weighted by Crippen LogP contribution is -2.81. The van der Waals surface area contributed by atoms with Crippen LogP contribution in [0.4, 0.5) is 0 Å². The zero-order valence-electron chi connectivity index (χ0n) is 24.5. The van der Waals surface area contributed by atoms with Gasteiger partial charge in [0.2, 0.25) is 0 Å². The van der Waals surface area contributed by atoms with Crippen LogP contribution < -0.4 is 10.1 Å². The van der Waals surface area contributed by atoms with Gasteiger partial charge in [0, 0.05) is 24.3 Å². The lowest BCUT2D eigenvalue weighted by molar-refractivity contribution is -0.176. The van der Waals surface area contributed by atoms with Crippen LogP contribution in [0.25, 0.3) is 0 Å². The van der Waals surface area contributed by atoms with Crippen molar-refractivity contribution in [2.45, 2.75) is 36.4 Å². The number of hydrogen-bond acceptors (Lipinski definition) is 8. The van der Waals surface area contributed by atoms with Crippen LogP contribution in [0, 0.1) is 0 Å². The summed E-state index contributed by atoms with van der Waals surface area (Å²) in [6.07, 6.45) is 0.456. The van der Waals surface area contributed by atoms with Crippen LogP contribution in [-0.4, -0.2) is 63.0 Å². The van der Waals surface area contributed by atoms with Crippen molar-refractivity contribution in [2.24, 2.45) is 0 Å². The van der Waals surface area contributed by atoms with Crippen molar-refractivity contribution in [1.82, 2.24) is 10.2 Å². The number of nitrogens with zero attached hydrogens (tertiary/aromatic N) is 1. The number of amides is 2. The molecule has 0 saturated carbocycles. The molecule has 2 unspecified atom stereocenters. The Hall–Kier alpha value is -5.03. The van der Waals surface area contributed by atoms with E-state index in [2.05, 4.69) is 11.9 Å². The Balaban J connectivity index is 1.48. The molecular formula is C34H32N2O8S. The van der Waals surface area contributed by atoms with Crippen molar-refractivity contribution in [3.63, 3.8) is 0 Å². The van der Waals surface area contributed by atoms with E-state index in [9.17, 15) is 23.4 Å². The molecule has 11 heteroatoms. The molecule has 2 heterocycles. The number of ether oxygens (including phenoxy) is 3. The summed E-state index contributed by atoms with van der Waals surface area (Å²) in [6, 6.07) is 25.7. The number of β-lactam (4-membered cyclic amide) rings is 1. The maximum Gasteiger partial charge on any atom is 0.337 e. The summed E-state index contributed by atoms with van der Waals surface area (Å²) in [6.45, 7) is 4.22. The topological polar surface area (TPSA) is 128 Å². The first-order chi connectivity index (χ1) is 21.8. The number of para-hydroxylation sites is 1. The molecule has 2 aliphatic heterocycles. The van der Waals surface area contributed by atoms with Crippen LogP contribution in [0.15, 0.2) is 115 Å². The molecule has 45 heavy (non-hydrogen) atoms. The van der Waals surface area contributed by atoms with Crippen LogP contribution in [0.2, 0.25) is 0 Å². The van der Waals surface area contributed by atoms with Gasteiger partial charge in [-0.1, -0.05) is 84.9 Å². The summed E-state index contributed by atoms with van der Waals surface area (Å²) in [5.74, 6) is -2.24. The van der Waals surface area contributed by atoms with E-state index in [4.69, 9.17) is 14.2 Å². The molecule has 0 aliphatic carbocycles. The largest absolute Gasteiger partial charge is 0.484 e. The highest BCUT2D eigenvalue weighted by atomic mass is 32.2. The summed E-state index contributed by atoms with van der Waals surface area (Å²) in [7, 11) is -1.88. The van der Waals surface area contributed by atoms with Gasteiger partial charge in [-0.05, 0) is 23.3 Å². The van der Waals surface area contributed by atoms with Crippen LogP contribution in [0.3, 0.4) is 0 Å². The zero-order chi connectivity index (χ0) is 32.0. The molecule has 232 valence electrons. The minimum Gasteiger partial charge on any atom is -0.484 e. The van der Waals surface area contributed by atoms with E-state index in [0.717, 1.165) is 0 Å². The summed E-state index contributed by atoms with van der Waals surface area (Å²) < 4.78 is 30.5. The van der Waals surface area contributed by atoms with Crippen molar-refractivity contribution < 1.29 is 37.6 Å². The lowest BCUT2D eigenvalue weighted by Gasteiger charge is -2.57. The van der Waals surface area contributed by atoms with Crippen molar-refractivity contribution in [1.29, 1.82) is 0 Å². The highest BCUT2D eigenvalue weighted by Gasteiger charge is 2.66. The number of carbonyl (C=O) groups excluding carboxylic acids is 4. The van der Waals surface area contributed by atoms with E-state index in [0.29, 0.717) is 16.9 Å². The van der Waals surface area contributed by atoms with Gasteiger partial charge in [-0.25, -0.2) is 4.79 Å². The second kappa shape index (κ2) is 13.7. The first kappa shape index (κ1) is 31.4. The summed E-state index contributed by atoms with van der Waals surface area (Å²) in [4.78, 5) is 54.1. The van der Waals surface area contributed by atoms with Gasteiger partial charge >= 0.3 is 11.9 Å². The van der Waals surface area contributed by atoms with Gasteiger partial charge < -0.3 is 24.4 Å². The van der Waals surface area contributed by atoms with Gasteiger partial charge in [0.25, 0.3) is 11.8 Å². The minimum absolute atomic E-state index is 0.114. The van der Waals surface area contributed by atoms with E-state index >= 15 is 0 Å². The van der Waals surface area contributed by atoms with Crippen LogP contribution >= 0.6 is 0 Å². The van der Waals surface area contributed by atoms with Gasteiger partial charge in [0.05, 0.1) is 10.8 Å². The fourth-order valence-corrected chi connectivity index (χ4v) is 7.08. The third-order valence-electron chi connectivity index (χ3n) is 7.55. The Kier molecular flexibility index (Phi) is 9.58. The Morgan fingerprint density at radius 3 is 2.11 bits per heavy atom. The smallest absolute Gasteiger partial charge is 0.337 e.